The molecular weight excluding hydrogens is 382 g/mol. The largest absolute Gasteiger partial charge is 0.412 e. The predicted octanol–water partition coefficient (Wildman–Crippen LogP) is -6.18. The predicted molar refractivity (Wildman–Crippen MR) is 86.4 cm³/mol. The molecular formula is C13H28ClNO11. The standard InChI is InChI=1S/C13H25NO10.ClH.H2O/c15-1-4-7(17)10(20)8(18)5(14-4)3-23-13-12(22)11(21)9(19)6(2-16)24-13;;/h4-22H,1-3H2;1H;1H2/t4-,5-,6-,7-,8+,9-,10+,11+,12-,13-;;/m1../s1. The zero-order valence-corrected chi connectivity index (χ0v) is 14.5. The lowest BCUT2D eigenvalue weighted by Gasteiger charge is -2.43. The highest BCUT2D eigenvalue weighted by molar-refractivity contribution is 5.85. The molecule has 0 amide bonds. The Labute approximate surface area is 155 Å². The van der Waals surface area contributed by atoms with Crippen LogP contribution in [0.5, 0.6) is 0 Å². The fourth-order valence-corrected chi connectivity index (χ4v) is 2.86. The molecule has 0 aromatic rings. The Morgan fingerprint density at radius 3 is 1.81 bits per heavy atom. The number of rotatable bonds is 5. The molecule has 2 saturated heterocycles. The molecule has 0 saturated carbocycles. The van der Waals surface area contributed by atoms with E-state index < -0.39 is 74.3 Å². The zero-order valence-electron chi connectivity index (χ0n) is 13.7. The van der Waals surface area contributed by atoms with Gasteiger partial charge in [0.1, 0.15) is 30.5 Å². The molecule has 0 radical (unpaired) electrons. The van der Waals surface area contributed by atoms with Crippen molar-refractivity contribution in [1.29, 1.82) is 0 Å². The smallest absolute Gasteiger partial charge is 0.186 e. The van der Waals surface area contributed by atoms with E-state index in [2.05, 4.69) is 5.32 Å². The monoisotopic (exact) mass is 409 g/mol. The summed E-state index contributed by atoms with van der Waals surface area (Å²) in [5.41, 5.74) is 0. The molecule has 0 spiro atoms. The first-order chi connectivity index (χ1) is 11.3. The SMILES string of the molecule is Cl.O.OC[C@H]1N[C@H](CO[C@@H]2O[C@H](CO)[C@@H](O)[C@H](O)[C@H]2O)[C@H](O)[C@@H](O)[C@@H]1O. The van der Waals surface area contributed by atoms with Crippen molar-refractivity contribution in [1.82, 2.24) is 5.32 Å². The van der Waals surface area contributed by atoms with E-state index in [1.165, 1.54) is 0 Å². The van der Waals surface area contributed by atoms with E-state index >= 15 is 0 Å². The van der Waals surface area contributed by atoms with Crippen molar-refractivity contribution in [2.75, 3.05) is 19.8 Å². The van der Waals surface area contributed by atoms with Gasteiger partial charge in [0.05, 0.1) is 44.1 Å². The topological polar surface area (TPSA) is 224 Å². The summed E-state index contributed by atoms with van der Waals surface area (Å²) in [6, 6.07) is -1.78. The number of aliphatic hydroxyl groups excluding tert-OH is 8. The zero-order chi connectivity index (χ0) is 18.0. The van der Waals surface area contributed by atoms with E-state index in [1.54, 1.807) is 0 Å². The summed E-state index contributed by atoms with van der Waals surface area (Å²) < 4.78 is 10.4. The lowest BCUT2D eigenvalue weighted by Crippen LogP contribution is -2.67. The van der Waals surface area contributed by atoms with Crippen LogP contribution in [0.2, 0.25) is 0 Å². The number of halogens is 1. The van der Waals surface area contributed by atoms with Crippen LogP contribution in [0.15, 0.2) is 0 Å². The average molecular weight is 410 g/mol. The molecule has 0 aromatic carbocycles. The van der Waals surface area contributed by atoms with E-state index in [1.807, 2.05) is 0 Å². The van der Waals surface area contributed by atoms with Gasteiger partial charge >= 0.3 is 0 Å². The van der Waals surface area contributed by atoms with Gasteiger partial charge in [0.15, 0.2) is 6.29 Å². The Morgan fingerprint density at radius 1 is 0.731 bits per heavy atom. The van der Waals surface area contributed by atoms with Gasteiger partial charge in [-0.2, -0.15) is 0 Å². The van der Waals surface area contributed by atoms with Crippen molar-refractivity contribution in [3.8, 4) is 0 Å². The first kappa shape index (κ1) is 25.8. The van der Waals surface area contributed by atoms with Crippen LogP contribution in [0.3, 0.4) is 0 Å². The van der Waals surface area contributed by atoms with Crippen molar-refractivity contribution in [3.05, 3.63) is 0 Å². The maximum Gasteiger partial charge on any atom is 0.186 e. The van der Waals surface area contributed by atoms with Gasteiger partial charge in [-0.25, -0.2) is 0 Å². The summed E-state index contributed by atoms with van der Waals surface area (Å²) in [7, 11) is 0. The minimum absolute atomic E-state index is 0. The molecule has 2 fully saturated rings. The molecule has 0 unspecified atom stereocenters. The maximum absolute atomic E-state index is 9.94. The van der Waals surface area contributed by atoms with E-state index in [0.29, 0.717) is 0 Å². The van der Waals surface area contributed by atoms with Gasteiger partial charge in [-0.1, -0.05) is 0 Å². The summed E-state index contributed by atoms with van der Waals surface area (Å²) in [6.45, 7) is -1.39. The molecule has 2 aliphatic heterocycles. The second-order valence-corrected chi connectivity index (χ2v) is 6.06. The van der Waals surface area contributed by atoms with E-state index in [4.69, 9.17) is 19.7 Å². The highest BCUT2D eigenvalue weighted by Gasteiger charge is 2.46. The van der Waals surface area contributed by atoms with Crippen LogP contribution >= 0.6 is 12.4 Å². The Hall–Kier alpha value is -0.190. The third-order valence-corrected chi connectivity index (χ3v) is 4.44. The van der Waals surface area contributed by atoms with Crippen molar-refractivity contribution in [2.45, 2.75) is 61.1 Å². The molecule has 13 heteroatoms. The fraction of sp³-hybridized carbons (Fsp3) is 1.00. The minimum atomic E-state index is -1.59. The molecule has 2 heterocycles. The van der Waals surface area contributed by atoms with E-state index in [0.717, 1.165) is 0 Å². The molecule has 10 atom stereocenters. The molecule has 2 aliphatic rings. The van der Waals surface area contributed by atoms with Crippen LogP contribution in [0.4, 0.5) is 0 Å². The summed E-state index contributed by atoms with van der Waals surface area (Å²) >= 11 is 0. The van der Waals surface area contributed by atoms with Gasteiger partial charge in [0.2, 0.25) is 0 Å². The van der Waals surface area contributed by atoms with E-state index in [-0.39, 0.29) is 24.5 Å². The van der Waals surface area contributed by atoms with Gasteiger partial charge in [0.25, 0.3) is 0 Å². The lowest BCUT2D eigenvalue weighted by molar-refractivity contribution is -0.304. The van der Waals surface area contributed by atoms with Crippen LogP contribution in [0.1, 0.15) is 0 Å². The third kappa shape index (κ3) is 5.20. The summed E-state index contributed by atoms with van der Waals surface area (Å²) in [6.07, 6.45) is -11.5. The summed E-state index contributed by atoms with van der Waals surface area (Å²) in [5.74, 6) is 0. The summed E-state index contributed by atoms with van der Waals surface area (Å²) in [4.78, 5) is 0. The van der Waals surface area contributed by atoms with Crippen molar-refractivity contribution in [3.63, 3.8) is 0 Å². The Kier molecular flexibility index (Phi) is 10.9. The Balaban J connectivity index is 0.00000312. The van der Waals surface area contributed by atoms with Crippen LogP contribution < -0.4 is 5.32 Å². The number of aliphatic hydroxyl groups is 8. The quantitative estimate of drug-likeness (QED) is 0.207. The Morgan fingerprint density at radius 2 is 1.27 bits per heavy atom. The van der Waals surface area contributed by atoms with Crippen LogP contribution in [0.25, 0.3) is 0 Å². The molecule has 12 nitrogen and oxygen atoms in total. The molecule has 158 valence electrons. The molecule has 0 aliphatic carbocycles. The second kappa shape index (κ2) is 11.0. The first-order valence-corrected chi connectivity index (χ1v) is 7.65. The molecule has 0 bridgehead atoms. The number of ether oxygens (including phenoxy) is 2. The van der Waals surface area contributed by atoms with Crippen molar-refractivity contribution < 1.29 is 55.8 Å². The minimum Gasteiger partial charge on any atom is -0.412 e. The molecule has 11 N–H and O–H groups in total. The highest BCUT2D eigenvalue weighted by atomic mass is 35.5. The molecule has 2 rings (SSSR count). The van der Waals surface area contributed by atoms with Crippen LogP contribution in [0, 0.1) is 0 Å². The number of piperidine rings is 1. The molecule has 0 aromatic heterocycles. The first-order valence-electron chi connectivity index (χ1n) is 7.65. The normalized spacial score (nSPS) is 46.2. The third-order valence-electron chi connectivity index (χ3n) is 4.44. The highest BCUT2D eigenvalue weighted by Crippen LogP contribution is 2.23. The van der Waals surface area contributed by atoms with Gasteiger partial charge in [-0.3, -0.25) is 0 Å². The summed E-state index contributed by atoms with van der Waals surface area (Å²) in [5, 5.41) is 79.6. The lowest BCUT2D eigenvalue weighted by atomic mass is 9.91. The second-order valence-electron chi connectivity index (χ2n) is 6.06. The van der Waals surface area contributed by atoms with Crippen LogP contribution in [-0.2, 0) is 9.47 Å². The number of nitrogens with one attached hydrogen (secondary N) is 1. The number of hydrogen-bond donors (Lipinski definition) is 9. The van der Waals surface area contributed by atoms with Gasteiger partial charge < -0.3 is 61.1 Å². The maximum atomic E-state index is 9.94. The Bertz CT molecular complexity index is 368. The van der Waals surface area contributed by atoms with E-state index in [9.17, 15) is 30.6 Å². The van der Waals surface area contributed by atoms with Crippen molar-refractivity contribution in [2.24, 2.45) is 0 Å². The average Bonchev–Trinajstić information content (AvgIpc) is 2.58. The molecule has 26 heavy (non-hydrogen) atoms. The van der Waals surface area contributed by atoms with Gasteiger partial charge in [-0.15, -0.1) is 12.4 Å². The fourth-order valence-electron chi connectivity index (χ4n) is 2.86. The van der Waals surface area contributed by atoms with Gasteiger partial charge in [-0.05, 0) is 0 Å². The van der Waals surface area contributed by atoms with Crippen molar-refractivity contribution >= 4 is 12.4 Å². The van der Waals surface area contributed by atoms with Gasteiger partial charge in [0, 0.05) is 0 Å². The van der Waals surface area contributed by atoms with Crippen LogP contribution in [-0.4, -0.2) is 127 Å². The number of hydrogen-bond acceptors (Lipinski definition) is 11.